The molecule has 1 aliphatic heterocycles. The standard InChI is InChI=1S/C31H36N6O/c1-20(2)31-35-28-18-27(38-26-12-14-36(15-13-26)21(3)32)10-11-29(28)37(31)19-22-6-4-7-23(16-22)24-8-5-9-25(17-24)30(33)34/h4-11,16-18,20,26,32H,12-15,19H2,1-3H3,(H3,33,34). The molecule has 196 valence electrons. The van der Waals surface area contributed by atoms with Crippen molar-refractivity contribution >= 4 is 22.7 Å². The molecule has 0 aliphatic carbocycles. The number of nitrogens with zero attached hydrogens (tertiary/aromatic N) is 3. The first-order chi connectivity index (χ1) is 18.3. The van der Waals surface area contributed by atoms with Crippen molar-refractivity contribution in [2.75, 3.05) is 13.1 Å². The molecule has 7 heteroatoms. The van der Waals surface area contributed by atoms with Crippen LogP contribution in [0.2, 0.25) is 0 Å². The van der Waals surface area contributed by atoms with E-state index >= 15 is 0 Å². The molecular weight excluding hydrogens is 472 g/mol. The lowest BCUT2D eigenvalue weighted by molar-refractivity contribution is 0.130. The molecule has 3 aromatic carbocycles. The van der Waals surface area contributed by atoms with Gasteiger partial charge in [0.15, 0.2) is 0 Å². The summed E-state index contributed by atoms with van der Waals surface area (Å²) in [6.45, 7) is 8.65. The molecule has 1 aliphatic rings. The van der Waals surface area contributed by atoms with Crippen molar-refractivity contribution in [1.29, 1.82) is 10.8 Å². The van der Waals surface area contributed by atoms with Gasteiger partial charge in [-0.15, -0.1) is 0 Å². The number of nitrogens with one attached hydrogen (secondary N) is 2. The lowest BCUT2D eigenvalue weighted by Crippen LogP contribution is -2.40. The number of piperidine rings is 1. The Hall–Kier alpha value is -4.13. The number of nitrogen functional groups attached to an aromatic ring is 1. The van der Waals surface area contributed by atoms with E-state index in [1.807, 2.05) is 25.1 Å². The van der Waals surface area contributed by atoms with Gasteiger partial charge in [0.1, 0.15) is 23.5 Å². The second-order valence-electron chi connectivity index (χ2n) is 10.4. The molecule has 1 fully saturated rings. The second kappa shape index (κ2) is 10.7. The Labute approximate surface area is 224 Å². The third-order valence-corrected chi connectivity index (χ3v) is 7.26. The van der Waals surface area contributed by atoms with Gasteiger partial charge in [0.25, 0.3) is 0 Å². The average Bonchev–Trinajstić information content (AvgIpc) is 3.27. The summed E-state index contributed by atoms with van der Waals surface area (Å²) in [7, 11) is 0. The highest BCUT2D eigenvalue weighted by Gasteiger charge is 2.21. The van der Waals surface area contributed by atoms with Crippen molar-refractivity contribution in [2.24, 2.45) is 5.73 Å². The minimum absolute atomic E-state index is 0.0738. The minimum Gasteiger partial charge on any atom is -0.490 e. The zero-order chi connectivity index (χ0) is 26.8. The fourth-order valence-corrected chi connectivity index (χ4v) is 5.21. The Morgan fingerprint density at radius 2 is 1.71 bits per heavy atom. The molecule has 4 aromatic rings. The van der Waals surface area contributed by atoms with Crippen LogP contribution >= 0.6 is 0 Å². The molecule has 1 saturated heterocycles. The molecular formula is C31H36N6O. The highest BCUT2D eigenvalue weighted by Crippen LogP contribution is 2.29. The lowest BCUT2D eigenvalue weighted by atomic mass is 10.0. The number of aromatic nitrogens is 2. The van der Waals surface area contributed by atoms with Crippen molar-refractivity contribution in [3.8, 4) is 16.9 Å². The van der Waals surface area contributed by atoms with E-state index in [1.165, 1.54) is 5.56 Å². The SMILES string of the molecule is CC(=N)N1CCC(Oc2ccc3c(c2)nc(C(C)C)n3Cc2cccc(-c3cccc(C(=N)N)c3)c2)CC1. The van der Waals surface area contributed by atoms with Crippen LogP contribution in [-0.2, 0) is 6.54 Å². The number of hydrogen-bond donors (Lipinski definition) is 3. The molecule has 38 heavy (non-hydrogen) atoms. The van der Waals surface area contributed by atoms with Crippen LogP contribution in [0.15, 0.2) is 66.7 Å². The van der Waals surface area contributed by atoms with Crippen LogP contribution in [0.4, 0.5) is 0 Å². The number of amidine groups is 2. The predicted molar refractivity (Wildman–Crippen MR) is 154 cm³/mol. The number of imidazole rings is 1. The van der Waals surface area contributed by atoms with Crippen molar-refractivity contribution in [3.05, 3.63) is 83.7 Å². The molecule has 0 radical (unpaired) electrons. The highest BCUT2D eigenvalue weighted by molar-refractivity contribution is 5.96. The summed E-state index contributed by atoms with van der Waals surface area (Å²) in [5.41, 5.74) is 11.8. The topological polar surface area (TPSA) is 104 Å². The maximum atomic E-state index is 7.85. The van der Waals surface area contributed by atoms with E-state index in [0.29, 0.717) is 12.4 Å². The zero-order valence-electron chi connectivity index (χ0n) is 22.4. The third-order valence-electron chi connectivity index (χ3n) is 7.26. The van der Waals surface area contributed by atoms with Crippen molar-refractivity contribution in [1.82, 2.24) is 14.5 Å². The maximum Gasteiger partial charge on any atom is 0.122 e. The molecule has 0 bridgehead atoms. The molecule has 5 rings (SSSR count). The van der Waals surface area contributed by atoms with Crippen LogP contribution in [0, 0.1) is 10.8 Å². The van der Waals surface area contributed by atoms with E-state index in [1.54, 1.807) is 0 Å². The Bertz CT molecular complexity index is 1480. The van der Waals surface area contributed by atoms with Gasteiger partial charge in [-0.05, 0) is 47.9 Å². The second-order valence-corrected chi connectivity index (χ2v) is 10.4. The Kier molecular flexibility index (Phi) is 7.18. The van der Waals surface area contributed by atoms with Crippen LogP contribution in [0.1, 0.15) is 56.5 Å². The van der Waals surface area contributed by atoms with Crippen LogP contribution in [-0.4, -0.2) is 45.3 Å². The number of likely N-dealkylation sites (tertiary alicyclic amines) is 1. The van der Waals surface area contributed by atoms with Crippen LogP contribution in [0.5, 0.6) is 5.75 Å². The molecule has 0 unspecified atom stereocenters. The number of ether oxygens (including phenoxy) is 1. The minimum atomic E-state index is 0.0738. The van der Waals surface area contributed by atoms with Crippen molar-refractivity contribution in [2.45, 2.75) is 52.2 Å². The number of rotatable bonds is 7. The molecule has 1 aromatic heterocycles. The van der Waals surface area contributed by atoms with Gasteiger partial charge in [-0.1, -0.05) is 50.2 Å². The summed E-state index contributed by atoms with van der Waals surface area (Å²) in [4.78, 5) is 7.12. The van der Waals surface area contributed by atoms with Gasteiger partial charge in [0.05, 0.1) is 16.9 Å². The van der Waals surface area contributed by atoms with E-state index in [9.17, 15) is 0 Å². The van der Waals surface area contributed by atoms with Crippen LogP contribution in [0.25, 0.3) is 22.2 Å². The highest BCUT2D eigenvalue weighted by atomic mass is 16.5. The molecule has 2 heterocycles. The van der Waals surface area contributed by atoms with Gasteiger partial charge >= 0.3 is 0 Å². The van der Waals surface area contributed by atoms with Crippen molar-refractivity contribution < 1.29 is 4.74 Å². The van der Waals surface area contributed by atoms with Gasteiger partial charge in [-0.2, -0.15) is 0 Å². The summed E-state index contributed by atoms with van der Waals surface area (Å²) in [6.07, 6.45) is 2.01. The van der Waals surface area contributed by atoms with Crippen LogP contribution < -0.4 is 10.5 Å². The Balaban J connectivity index is 1.39. The zero-order valence-corrected chi connectivity index (χ0v) is 22.4. The smallest absolute Gasteiger partial charge is 0.122 e. The molecule has 4 N–H and O–H groups in total. The maximum absolute atomic E-state index is 7.85. The Morgan fingerprint density at radius 1 is 1.00 bits per heavy atom. The van der Waals surface area contributed by atoms with Crippen molar-refractivity contribution in [3.63, 3.8) is 0 Å². The number of benzene rings is 3. The summed E-state index contributed by atoms with van der Waals surface area (Å²) in [5.74, 6) is 2.89. The summed E-state index contributed by atoms with van der Waals surface area (Å²) < 4.78 is 8.65. The first-order valence-electron chi connectivity index (χ1n) is 13.3. The number of nitrogens with two attached hydrogens (primary N) is 1. The summed E-state index contributed by atoms with van der Waals surface area (Å²) in [5, 5.41) is 15.6. The first kappa shape index (κ1) is 25.5. The number of fused-ring (bicyclic) bond motifs is 1. The van der Waals surface area contributed by atoms with Gasteiger partial charge < -0.3 is 19.9 Å². The summed E-state index contributed by atoms with van der Waals surface area (Å²) >= 11 is 0. The monoisotopic (exact) mass is 508 g/mol. The fraction of sp³-hybridized carbons (Fsp3) is 0.323. The molecule has 0 atom stereocenters. The number of hydrogen-bond acceptors (Lipinski definition) is 4. The molecule has 0 saturated carbocycles. The quantitative estimate of drug-likeness (QED) is 0.210. The average molecular weight is 509 g/mol. The fourth-order valence-electron chi connectivity index (χ4n) is 5.21. The lowest BCUT2D eigenvalue weighted by Gasteiger charge is -2.32. The van der Waals surface area contributed by atoms with Crippen LogP contribution in [0.3, 0.4) is 0 Å². The van der Waals surface area contributed by atoms with Gasteiger partial charge in [-0.3, -0.25) is 10.8 Å². The Morgan fingerprint density at radius 3 is 2.39 bits per heavy atom. The van der Waals surface area contributed by atoms with E-state index in [4.69, 9.17) is 26.3 Å². The van der Waals surface area contributed by atoms with E-state index in [2.05, 4.69) is 71.8 Å². The van der Waals surface area contributed by atoms with E-state index in [-0.39, 0.29) is 17.9 Å². The van der Waals surface area contributed by atoms with Gasteiger partial charge in [0, 0.05) is 50.0 Å². The van der Waals surface area contributed by atoms with Gasteiger partial charge in [0.2, 0.25) is 0 Å². The van der Waals surface area contributed by atoms with Gasteiger partial charge in [-0.25, -0.2) is 4.98 Å². The molecule has 7 nitrogen and oxygen atoms in total. The normalized spacial score (nSPS) is 14.3. The van der Waals surface area contributed by atoms with E-state index < -0.39 is 0 Å². The largest absolute Gasteiger partial charge is 0.490 e. The predicted octanol–water partition coefficient (Wildman–Crippen LogP) is 6.00. The summed E-state index contributed by atoms with van der Waals surface area (Å²) in [6, 6.07) is 22.6. The first-order valence-corrected chi connectivity index (χ1v) is 13.3. The third kappa shape index (κ3) is 5.42. The molecule has 0 amide bonds. The molecule has 0 spiro atoms. The van der Waals surface area contributed by atoms with E-state index in [0.717, 1.165) is 65.2 Å².